The minimum atomic E-state index is -0.618. The second kappa shape index (κ2) is 9.90. The first-order valence-corrected chi connectivity index (χ1v) is 11.8. The number of halogens is 2. The number of ketones is 1. The molecule has 0 saturated carbocycles. The van der Waals surface area contributed by atoms with Crippen LogP contribution in [0.1, 0.15) is 43.2 Å². The van der Waals surface area contributed by atoms with Crippen LogP contribution in [0.15, 0.2) is 63.7 Å². The topological polar surface area (TPSA) is 94.6 Å². The Bertz CT molecular complexity index is 1200. The number of nitrogens with zero attached hydrogens (tertiary/aromatic N) is 1. The van der Waals surface area contributed by atoms with Gasteiger partial charge in [0, 0.05) is 23.4 Å². The number of allylic oxidation sites excluding steroid dienone is 3. The van der Waals surface area contributed by atoms with Gasteiger partial charge in [-0.1, -0.05) is 23.7 Å². The second-order valence-corrected chi connectivity index (χ2v) is 9.01. The fraction of sp³-hybridized carbons (Fsp3) is 0.280. The highest BCUT2D eigenvalue weighted by Crippen LogP contribution is 2.47. The zero-order chi connectivity index (χ0) is 23.5. The molecule has 1 heterocycles. The predicted molar refractivity (Wildman–Crippen MR) is 128 cm³/mol. The standard InChI is InChI=1S/C25H22BrClN2O4/c1-2-31-21-11-15(10-18(26)24(21)32-13-14-6-8-16(27)9-7-14)22-17(12-28)25(29)33-20-5-3-4-19(30)23(20)22/h6-11,22H,2-5,13,29H2,1H3/t22-/m0/s1. The summed E-state index contributed by atoms with van der Waals surface area (Å²) in [6.07, 6.45) is 1.72. The molecule has 1 atom stereocenters. The number of ether oxygens (including phenoxy) is 3. The van der Waals surface area contributed by atoms with Crippen molar-refractivity contribution in [1.82, 2.24) is 0 Å². The number of hydrogen-bond donors (Lipinski definition) is 1. The summed E-state index contributed by atoms with van der Waals surface area (Å²) in [7, 11) is 0. The van der Waals surface area contributed by atoms with Crippen LogP contribution < -0.4 is 15.2 Å². The molecule has 1 aliphatic heterocycles. The Morgan fingerprint density at radius 3 is 2.70 bits per heavy atom. The van der Waals surface area contributed by atoms with Gasteiger partial charge >= 0.3 is 0 Å². The van der Waals surface area contributed by atoms with Crippen LogP contribution in [0.5, 0.6) is 11.5 Å². The SMILES string of the molecule is CCOc1cc([C@H]2C(C#N)=C(N)OC3=C2C(=O)CCC3)cc(Br)c1OCc1ccc(Cl)cc1. The molecule has 4 rings (SSSR count). The molecule has 2 aliphatic rings. The molecule has 0 bridgehead atoms. The van der Waals surface area contributed by atoms with Crippen LogP contribution >= 0.6 is 27.5 Å². The highest BCUT2D eigenvalue weighted by atomic mass is 79.9. The molecule has 0 saturated heterocycles. The van der Waals surface area contributed by atoms with Crippen molar-refractivity contribution >= 4 is 33.3 Å². The Hall–Kier alpha value is -2.95. The zero-order valence-corrected chi connectivity index (χ0v) is 20.3. The first kappa shape index (κ1) is 23.2. The lowest BCUT2D eigenvalue weighted by molar-refractivity contribution is -0.116. The summed E-state index contributed by atoms with van der Waals surface area (Å²) in [6.45, 7) is 2.61. The van der Waals surface area contributed by atoms with Gasteiger partial charge in [0.1, 0.15) is 24.0 Å². The Kier molecular flexibility index (Phi) is 6.96. The van der Waals surface area contributed by atoms with Crippen molar-refractivity contribution in [3.05, 3.63) is 79.8 Å². The van der Waals surface area contributed by atoms with Gasteiger partial charge in [-0.25, -0.2) is 0 Å². The third kappa shape index (κ3) is 4.73. The lowest BCUT2D eigenvalue weighted by Gasteiger charge is -2.31. The molecule has 2 N–H and O–H groups in total. The molecule has 0 unspecified atom stereocenters. The second-order valence-electron chi connectivity index (χ2n) is 7.72. The Morgan fingerprint density at radius 2 is 2.00 bits per heavy atom. The quantitative estimate of drug-likeness (QED) is 0.501. The molecule has 1 aliphatic carbocycles. The van der Waals surface area contributed by atoms with Crippen LogP contribution in [-0.4, -0.2) is 12.4 Å². The minimum Gasteiger partial charge on any atom is -0.490 e. The monoisotopic (exact) mass is 528 g/mol. The molecular weight excluding hydrogens is 508 g/mol. The summed E-state index contributed by atoms with van der Waals surface area (Å²) in [4.78, 5) is 12.8. The molecule has 170 valence electrons. The molecule has 33 heavy (non-hydrogen) atoms. The Balaban J connectivity index is 1.75. The van der Waals surface area contributed by atoms with E-state index in [-0.39, 0.29) is 17.2 Å². The molecule has 0 spiro atoms. The average Bonchev–Trinajstić information content (AvgIpc) is 2.79. The molecule has 8 heteroatoms. The van der Waals surface area contributed by atoms with Gasteiger partial charge in [0.25, 0.3) is 0 Å². The summed E-state index contributed by atoms with van der Waals surface area (Å²) in [5.74, 6) is 0.967. The smallest absolute Gasteiger partial charge is 0.205 e. The summed E-state index contributed by atoms with van der Waals surface area (Å²) < 4.78 is 18.3. The summed E-state index contributed by atoms with van der Waals surface area (Å²) in [6, 6.07) is 13.2. The number of nitrogens with two attached hydrogens (primary N) is 1. The average molecular weight is 530 g/mol. The van der Waals surface area contributed by atoms with E-state index in [0.717, 1.165) is 5.56 Å². The first-order valence-electron chi connectivity index (χ1n) is 10.6. The highest BCUT2D eigenvalue weighted by molar-refractivity contribution is 9.10. The number of hydrogen-bond acceptors (Lipinski definition) is 6. The number of carbonyl (C=O) groups excluding carboxylic acids is 1. The maximum absolute atomic E-state index is 12.8. The molecule has 0 amide bonds. The predicted octanol–water partition coefficient (Wildman–Crippen LogP) is 5.89. The molecule has 0 fully saturated rings. The maximum atomic E-state index is 12.8. The number of Topliss-reactive ketones (excluding diaryl/α,β-unsaturated/α-hetero) is 1. The minimum absolute atomic E-state index is 0.0290. The van der Waals surface area contributed by atoms with Crippen LogP contribution in [-0.2, 0) is 16.1 Å². The van der Waals surface area contributed by atoms with Crippen LogP contribution in [0.25, 0.3) is 0 Å². The van der Waals surface area contributed by atoms with E-state index in [9.17, 15) is 10.1 Å². The van der Waals surface area contributed by atoms with Crippen LogP contribution in [0.3, 0.4) is 0 Å². The van der Waals surface area contributed by atoms with E-state index in [4.69, 9.17) is 31.5 Å². The number of carbonyl (C=O) groups is 1. The lowest BCUT2D eigenvalue weighted by atomic mass is 9.77. The van der Waals surface area contributed by atoms with E-state index in [1.807, 2.05) is 25.1 Å². The normalized spacial score (nSPS) is 17.9. The zero-order valence-electron chi connectivity index (χ0n) is 18.0. The van der Waals surface area contributed by atoms with Crippen LogP contribution in [0, 0.1) is 11.3 Å². The van der Waals surface area contributed by atoms with Crippen molar-refractivity contribution in [3.63, 3.8) is 0 Å². The first-order chi connectivity index (χ1) is 15.9. The molecule has 0 aromatic heterocycles. The van der Waals surface area contributed by atoms with Crippen LogP contribution in [0.4, 0.5) is 0 Å². The van der Waals surface area contributed by atoms with Gasteiger partial charge in [-0.05, 0) is 64.7 Å². The molecule has 2 aromatic rings. The Morgan fingerprint density at radius 1 is 1.24 bits per heavy atom. The Labute approximate surface area is 205 Å². The van der Waals surface area contributed by atoms with Gasteiger partial charge in [-0.2, -0.15) is 5.26 Å². The third-order valence-corrected chi connectivity index (χ3v) is 6.41. The van der Waals surface area contributed by atoms with Gasteiger partial charge in [-0.15, -0.1) is 0 Å². The molecule has 0 radical (unpaired) electrons. The third-order valence-electron chi connectivity index (χ3n) is 5.57. The summed E-state index contributed by atoms with van der Waals surface area (Å²) >= 11 is 9.56. The van der Waals surface area contributed by atoms with E-state index in [1.165, 1.54) is 0 Å². The van der Waals surface area contributed by atoms with Crippen molar-refractivity contribution in [2.24, 2.45) is 5.73 Å². The fourth-order valence-electron chi connectivity index (χ4n) is 4.08. The van der Waals surface area contributed by atoms with Crippen molar-refractivity contribution in [2.45, 2.75) is 38.7 Å². The summed E-state index contributed by atoms with van der Waals surface area (Å²) in [5, 5.41) is 10.5. The number of rotatable bonds is 6. The van der Waals surface area contributed by atoms with Crippen molar-refractivity contribution in [3.8, 4) is 17.6 Å². The van der Waals surface area contributed by atoms with E-state index < -0.39 is 5.92 Å². The van der Waals surface area contributed by atoms with Gasteiger partial charge in [-0.3, -0.25) is 4.79 Å². The fourth-order valence-corrected chi connectivity index (χ4v) is 4.78. The molecular formula is C25H22BrClN2O4. The van der Waals surface area contributed by atoms with E-state index in [2.05, 4.69) is 22.0 Å². The van der Waals surface area contributed by atoms with Crippen molar-refractivity contribution in [2.75, 3.05) is 6.61 Å². The van der Waals surface area contributed by atoms with Gasteiger partial charge < -0.3 is 19.9 Å². The lowest BCUT2D eigenvalue weighted by Crippen LogP contribution is -2.27. The van der Waals surface area contributed by atoms with E-state index in [1.54, 1.807) is 18.2 Å². The van der Waals surface area contributed by atoms with Gasteiger partial charge in [0.05, 0.1) is 17.0 Å². The van der Waals surface area contributed by atoms with Crippen LogP contribution in [0.2, 0.25) is 5.02 Å². The largest absolute Gasteiger partial charge is 0.490 e. The molecule has 6 nitrogen and oxygen atoms in total. The number of nitriles is 1. The van der Waals surface area contributed by atoms with Crippen molar-refractivity contribution < 1.29 is 19.0 Å². The summed E-state index contributed by atoms with van der Waals surface area (Å²) in [5.41, 5.74) is 8.44. The van der Waals surface area contributed by atoms with Crippen molar-refractivity contribution in [1.29, 1.82) is 5.26 Å². The van der Waals surface area contributed by atoms with Gasteiger partial charge in [0.15, 0.2) is 17.3 Å². The van der Waals surface area contributed by atoms with E-state index >= 15 is 0 Å². The maximum Gasteiger partial charge on any atom is 0.205 e. The highest BCUT2D eigenvalue weighted by Gasteiger charge is 2.38. The van der Waals surface area contributed by atoms with Gasteiger partial charge in [0.2, 0.25) is 5.88 Å². The van der Waals surface area contributed by atoms with E-state index in [0.29, 0.717) is 70.4 Å². The molecule has 2 aromatic carbocycles. The number of benzene rings is 2.